The third kappa shape index (κ3) is 3.70. The summed E-state index contributed by atoms with van der Waals surface area (Å²) in [6, 6.07) is 18.5. The first-order valence-corrected chi connectivity index (χ1v) is 8.26. The minimum atomic E-state index is -0.438. The summed E-state index contributed by atoms with van der Waals surface area (Å²) < 4.78 is 0. The maximum atomic E-state index is 9.89. The third-order valence-corrected chi connectivity index (χ3v) is 4.77. The Balaban J connectivity index is 2.20. The molecule has 0 saturated carbocycles. The summed E-state index contributed by atoms with van der Waals surface area (Å²) in [5, 5.41) is 9.89. The molecule has 0 aromatic heterocycles. The smallest absolute Gasteiger partial charge is 0.0704 e. The van der Waals surface area contributed by atoms with E-state index < -0.39 is 5.54 Å². The van der Waals surface area contributed by atoms with Gasteiger partial charge in [-0.05, 0) is 35.4 Å². The molecule has 2 N–H and O–H groups in total. The maximum absolute atomic E-state index is 9.89. The zero-order valence-corrected chi connectivity index (χ0v) is 14.0. The molecule has 3 heteroatoms. The predicted octanol–water partition coefficient (Wildman–Crippen LogP) is 4.89. The summed E-state index contributed by atoms with van der Waals surface area (Å²) in [5.74, 6) is 0.806. The minimum absolute atomic E-state index is 0.266. The molecule has 0 aliphatic heterocycles. The standard InChI is InChI=1S/C19H24ClNO/c1-15(2)19(21-22,18-6-4-3-5-7-18)13-12-16-8-10-17(14-20)11-9-16/h3-11,15,21-22H,12-14H2,1-2H3. The molecule has 0 amide bonds. The van der Waals surface area contributed by atoms with Crippen LogP contribution in [-0.2, 0) is 17.8 Å². The highest BCUT2D eigenvalue weighted by molar-refractivity contribution is 6.17. The van der Waals surface area contributed by atoms with Gasteiger partial charge in [-0.3, -0.25) is 0 Å². The molecule has 2 nitrogen and oxygen atoms in total. The fourth-order valence-corrected chi connectivity index (χ4v) is 3.07. The predicted molar refractivity (Wildman–Crippen MR) is 92.2 cm³/mol. The van der Waals surface area contributed by atoms with E-state index in [4.69, 9.17) is 11.6 Å². The Labute approximate surface area is 138 Å². The van der Waals surface area contributed by atoms with Crippen molar-refractivity contribution in [1.29, 1.82) is 0 Å². The lowest BCUT2D eigenvalue weighted by atomic mass is 9.76. The Kier molecular flexibility index (Phi) is 6.01. The summed E-state index contributed by atoms with van der Waals surface area (Å²) in [7, 11) is 0. The average molecular weight is 318 g/mol. The van der Waals surface area contributed by atoms with Crippen molar-refractivity contribution in [3.63, 3.8) is 0 Å². The molecule has 0 radical (unpaired) electrons. The van der Waals surface area contributed by atoms with Gasteiger partial charge in [-0.15, -0.1) is 11.6 Å². The summed E-state index contributed by atoms with van der Waals surface area (Å²) in [4.78, 5) is 0. The SMILES string of the molecule is CC(C)C(CCc1ccc(CCl)cc1)(NO)c1ccccc1. The Morgan fingerprint density at radius 2 is 1.59 bits per heavy atom. The molecule has 22 heavy (non-hydrogen) atoms. The van der Waals surface area contributed by atoms with Gasteiger partial charge in [0.2, 0.25) is 0 Å². The zero-order valence-electron chi connectivity index (χ0n) is 13.2. The second-order valence-corrected chi connectivity index (χ2v) is 6.32. The van der Waals surface area contributed by atoms with Crippen molar-refractivity contribution in [1.82, 2.24) is 5.48 Å². The van der Waals surface area contributed by atoms with E-state index in [1.54, 1.807) is 0 Å². The number of nitrogens with one attached hydrogen (secondary N) is 1. The van der Waals surface area contributed by atoms with Gasteiger partial charge < -0.3 is 5.21 Å². The molecule has 0 spiro atoms. The van der Waals surface area contributed by atoms with Gasteiger partial charge in [0.1, 0.15) is 0 Å². The lowest BCUT2D eigenvalue weighted by molar-refractivity contribution is 0.0230. The first-order chi connectivity index (χ1) is 10.6. The highest BCUT2D eigenvalue weighted by atomic mass is 35.5. The largest absolute Gasteiger partial charge is 0.316 e. The van der Waals surface area contributed by atoms with Gasteiger partial charge in [0, 0.05) is 5.88 Å². The van der Waals surface area contributed by atoms with Crippen molar-refractivity contribution in [3.8, 4) is 0 Å². The van der Waals surface area contributed by atoms with E-state index in [0.717, 1.165) is 24.0 Å². The fourth-order valence-electron chi connectivity index (χ4n) is 2.89. The van der Waals surface area contributed by atoms with Crippen LogP contribution in [0.15, 0.2) is 54.6 Å². The molecule has 2 aromatic rings. The fraction of sp³-hybridized carbons (Fsp3) is 0.368. The van der Waals surface area contributed by atoms with Gasteiger partial charge in [0.25, 0.3) is 0 Å². The number of aryl methyl sites for hydroxylation is 1. The molecule has 2 rings (SSSR count). The summed E-state index contributed by atoms with van der Waals surface area (Å²) in [5.41, 5.74) is 5.66. The number of rotatable bonds is 7. The highest BCUT2D eigenvalue weighted by Crippen LogP contribution is 2.34. The highest BCUT2D eigenvalue weighted by Gasteiger charge is 2.34. The first kappa shape index (κ1) is 17.0. The monoisotopic (exact) mass is 317 g/mol. The molecule has 0 heterocycles. The zero-order chi connectivity index (χ0) is 16.0. The van der Waals surface area contributed by atoms with E-state index in [1.165, 1.54) is 5.56 Å². The van der Waals surface area contributed by atoms with Crippen LogP contribution in [0.3, 0.4) is 0 Å². The normalized spacial score (nSPS) is 14.0. The van der Waals surface area contributed by atoms with E-state index in [2.05, 4.69) is 55.7 Å². The van der Waals surface area contributed by atoms with E-state index in [0.29, 0.717) is 5.88 Å². The van der Waals surface area contributed by atoms with Crippen LogP contribution in [0, 0.1) is 5.92 Å². The summed E-state index contributed by atoms with van der Waals surface area (Å²) >= 11 is 5.83. The van der Waals surface area contributed by atoms with Crippen LogP contribution in [0.5, 0.6) is 0 Å². The molecular weight excluding hydrogens is 294 g/mol. The van der Waals surface area contributed by atoms with Crippen molar-refractivity contribution in [2.24, 2.45) is 5.92 Å². The summed E-state index contributed by atoms with van der Waals surface area (Å²) in [6.45, 7) is 4.26. The third-order valence-electron chi connectivity index (χ3n) is 4.46. The first-order valence-electron chi connectivity index (χ1n) is 7.73. The minimum Gasteiger partial charge on any atom is -0.316 e. The Morgan fingerprint density at radius 3 is 2.09 bits per heavy atom. The molecule has 2 aromatic carbocycles. The molecule has 118 valence electrons. The topological polar surface area (TPSA) is 32.3 Å². The number of hydrogen-bond acceptors (Lipinski definition) is 2. The number of halogens is 1. The van der Waals surface area contributed by atoms with Gasteiger partial charge >= 0.3 is 0 Å². The molecule has 1 atom stereocenters. The molecule has 0 saturated heterocycles. The van der Waals surface area contributed by atoms with Crippen molar-refractivity contribution < 1.29 is 5.21 Å². The van der Waals surface area contributed by atoms with E-state index in [-0.39, 0.29) is 5.92 Å². The van der Waals surface area contributed by atoms with Gasteiger partial charge in [0.15, 0.2) is 0 Å². The van der Waals surface area contributed by atoms with Gasteiger partial charge in [-0.25, -0.2) is 0 Å². The molecule has 0 bridgehead atoms. The number of benzene rings is 2. The maximum Gasteiger partial charge on any atom is 0.0704 e. The quantitative estimate of drug-likeness (QED) is 0.563. The van der Waals surface area contributed by atoms with Crippen LogP contribution in [0.4, 0.5) is 0 Å². The second kappa shape index (κ2) is 7.77. The van der Waals surface area contributed by atoms with Gasteiger partial charge in [-0.1, -0.05) is 68.4 Å². The van der Waals surface area contributed by atoms with Gasteiger partial charge in [-0.2, -0.15) is 5.48 Å². The van der Waals surface area contributed by atoms with Crippen molar-refractivity contribution in [3.05, 3.63) is 71.3 Å². The lowest BCUT2D eigenvalue weighted by Crippen LogP contribution is -2.45. The van der Waals surface area contributed by atoms with Crippen LogP contribution in [0.25, 0.3) is 0 Å². The van der Waals surface area contributed by atoms with Crippen LogP contribution >= 0.6 is 11.6 Å². The number of hydroxylamine groups is 1. The van der Waals surface area contributed by atoms with E-state index >= 15 is 0 Å². The average Bonchev–Trinajstić information content (AvgIpc) is 2.57. The van der Waals surface area contributed by atoms with Crippen molar-refractivity contribution in [2.45, 2.75) is 38.1 Å². The van der Waals surface area contributed by atoms with E-state index in [9.17, 15) is 5.21 Å². The number of hydrogen-bond donors (Lipinski definition) is 2. The summed E-state index contributed by atoms with van der Waals surface area (Å²) in [6.07, 6.45) is 1.72. The Hall–Kier alpha value is -1.35. The molecule has 1 unspecified atom stereocenters. The molecule has 0 fully saturated rings. The number of alkyl halides is 1. The lowest BCUT2D eigenvalue weighted by Gasteiger charge is -2.37. The van der Waals surface area contributed by atoms with Crippen molar-refractivity contribution >= 4 is 11.6 Å². The Morgan fingerprint density at radius 1 is 1.00 bits per heavy atom. The van der Waals surface area contributed by atoms with Crippen LogP contribution in [0.2, 0.25) is 0 Å². The van der Waals surface area contributed by atoms with Crippen molar-refractivity contribution in [2.75, 3.05) is 0 Å². The van der Waals surface area contributed by atoms with E-state index in [1.807, 2.05) is 18.2 Å². The molecule has 0 aliphatic carbocycles. The second-order valence-electron chi connectivity index (χ2n) is 6.05. The molecular formula is C19H24ClNO. The van der Waals surface area contributed by atoms with Gasteiger partial charge in [0.05, 0.1) is 5.54 Å². The van der Waals surface area contributed by atoms with Crippen LogP contribution in [0.1, 0.15) is 37.0 Å². The van der Waals surface area contributed by atoms with Crippen LogP contribution in [-0.4, -0.2) is 5.21 Å². The Bertz CT molecular complexity index is 568. The van der Waals surface area contributed by atoms with Crippen LogP contribution < -0.4 is 5.48 Å². The molecule has 0 aliphatic rings.